The van der Waals surface area contributed by atoms with Crippen molar-refractivity contribution in [3.63, 3.8) is 0 Å². The summed E-state index contributed by atoms with van der Waals surface area (Å²) in [4.78, 5) is 8.91. The molecule has 0 aromatic carbocycles. The first-order chi connectivity index (χ1) is 9.90. The summed E-state index contributed by atoms with van der Waals surface area (Å²) in [6.45, 7) is 4.30. The van der Waals surface area contributed by atoms with Gasteiger partial charge in [0.15, 0.2) is 0 Å². The van der Waals surface area contributed by atoms with Crippen molar-refractivity contribution in [2.45, 2.75) is 26.2 Å². The predicted octanol–water partition coefficient (Wildman–Crippen LogP) is 0.0854. The first-order valence-electron chi connectivity index (χ1n) is 6.60. The van der Waals surface area contributed by atoms with Crippen molar-refractivity contribution in [3.8, 4) is 0 Å². The van der Waals surface area contributed by atoms with Crippen molar-refractivity contribution in [2.24, 2.45) is 5.92 Å². The van der Waals surface area contributed by atoms with Gasteiger partial charge < -0.3 is 20.7 Å². The molecule has 0 spiro atoms. The summed E-state index contributed by atoms with van der Waals surface area (Å²) < 4.78 is 0. The van der Waals surface area contributed by atoms with E-state index in [2.05, 4.69) is 20.6 Å². The summed E-state index contributed by atoms with van der Waals surface area (Å²) in [6, 6.07) is 0. The Balaban J connectivity index is 2.44. The van der Waals surface area contributed by atoms with Crippen LogP contribution in [-0.4, -0.2) is 49.6 Å². The second-order valence-electron chi connectivity index (χ2n) is 4.99. The number of nitrogens with one attached hydrogen (secondary N) is 2. The monoisotopic (exact) mass is 326 g/mol. The lowest BCUT2D eigenvalue weighted by Gasteiger charge is -2.21. The summed E-state index contributed by atoms with van der Waals surface area (Å²) >= 11 is 10.4. The second-order valence-corrected chi connectivity index (χ2v) is 5.89. The van der Waals surface area contributed by atoms with E-state index in [0.717, 1.165) is 0 Å². The minimum atomic E-state index is -1.46. The highest BCUT2D eigenvalue weighted by atomic mass is 32.1. The van der Waals surface area contributed by atoms with E-state index in [1.165, 1.54) is 0 Å². The number of rotatable bonds is 7. The molecule has 1 atom stereocenters. The Bertz CT molecular complexity index is 474. The van der Waals surface area contributed by atoms with Gasteiger partial charge >= 0.3 is 7.12 Å². The van der Waals surface area contributed by atoms with Crippen LogP contribution in [0.1, 0.15) is 26.0 Å². The Morgan fingerprint density at radius 3 is 2.57 bits per heavy atom. The van der Waals surface area contributed by atoms with E-state index in [-0.39, 0.29) is 0 Å². The molecular formula is C12H19BN4O2S2. The van der Waals surface area contributed by atoms with Gasteiger partial charge in [0.1, 0.15) is 10.7 Å². The molecule has 0 radical (unpaired) electrons. The standard InChI is InChI=1S/C12H19BN4O2S2/c1-8(2)5-10(13(18)19)17-11(20)7-16-12(21)9-6-14-3-4-15-9/h3-4,6,8,10,18-19H,5,7H2,1-2H3,(H,16,21)(H,17,20)/t10-/m0/s1. The van der Waals surface area contributed by atoms with Crippen molar-refractivity contribution < 1.29 is 10.0 Å². The fraction of sp³-hybridized carbons (Fsp3) is 0.500. The number of nitrogens with zero attached hydrogens (tertiary/aromatic N) is 2. The zero-order valence-electron chi connectivity index (χ0n) is 12.0. The molecule has 1 aromatic heterocycles. The van der Waals surface area contributed by atoms with Gasteiger partial charge in [0.05, 0.1) is 23.7 Å². The highest BCUT2D eigenvalue weighted by molar-refractivity contribution is 7.81. The molecule has 0 bridgehead atoms. The van der Waals surface area contributed by atoms with Crippen molar-refractivity contribution in [3.05, 3.63) is 24.3 Å². The SMILES string of the molecule is CC(C)C[C@H](NC(=S)CNC(=S)c1cnccn1)B(O)O. The van der Waals surface area contributed by atoms with Gasteiger partial charge in [-0.05, 0) is 12.3 Å². The normalized spacial score (nSPS) is 11.9. The van der Waals surface area contributed by atoms with Crippen molar-refractivity contribution >= 4 is 41.5 Å². The molecule has 9 heteroatoms. The molecule has 0 aliphatic rings. The molecule has 0 aliphatic carbocycles. The molecule has 1 rings (SSSR count). The summed E-state index contributed by atoms with van der Waals surface area (Å²) in [5, 5.41) is 24.6. The Labute approximate surface area is 135 Å². The molecule has 6 nitrogen and oxygen atoms in total. The summed E-state index contributed by atoms with van der Waals surface area (Å²) in [7, 11) is -1.46. The van der Waals surface area contributed by atoms with E-state index in [0.29, 0.717) is 34.6 Å². The first kappa shape index (κ1) is 17.9. The van der Waals surface area contributed by atoms with Crippen molar-refractivity contribution in [1.29, 1.82) is 0 Å². The van der Waals surface area contributed by atoms with Gasteiger partial charge in [-0.1, -0.05) is 38.3 Å². The summed E-state index contributed by atoms with van der Waals surface area (Å²) in [5.41, 5.74) is 0.566. The number of thiocarbonyl (C=S) groups is 2. The Morgan fingerprint density at radius 2 is 2.05 bits per heavy atom. The van der Waals surface area contributed by atoms with Crippen molar-refractivity contribution in [2.75, 3.05) is 6.54 Å². The van der Waals surface area contributed by atoms with E-state index in [1.54, 1.807) is 18.6 Å². The van der Waals surface area contributed by atoms with Gasteiger partial charge in [-0.15, -0.1) is 0 Å². The van der Waals surface area contributed by atoms with Gasteiger partial charge in [-0.2, -0.15) is 0 Å². The van der Waals surface area contributed by atoms with Crippen LogP contribution in [0.5, 0.6) is 0 Å². The van der Waals surface area contributed by atoms with Crippen molar-refractivity contribution in [1.82, 2.24) is 20.6 Å². The Kier molecular flexibility index (Phi) is 7.66. The van der Waals surface area contributed by atoms with E-state index in [1.807, 2.05) is 13.8 Å². The van der Waals surface area contributed by atoms with Gasteiger partial charge in [0.25, 0.3) is 0 Å². The average Bonchev–Trinajstić information content (AvgIpc) is 2.44. The first-order valence-corrected chi connectivity index (χ1v) is 7.41. The van der Waals surface area contributed by atoms with E-state index >= 15 is 0 Å². The fourth-order valence-corrected chi connectivity index (χ4v) is 2.09. The van der Waals surface area contributed by atoms with Gasteiger partial charge in [0, 0.05) is 12.4 Å². The lowest BCUT2D eigenvalue weighted by atomic mass is 9.75. The van der Waals surface area contributed by atoms with E-state index in [4.69, 9.17) is 24.4 Å². The third kappa shape index (κ3) is 6.90. The van der Waals surface area contributed by atoms with Crippen LogP contribution in [-0.2, 0) is 0 Å². The maximum atomic E-state index is 9.33. The van der Waals surface area contributed by atoms with E-state index < -0.39 is 13.1 Å². The van der Waals surface area contributed by atoms with Crippen LogP contribution < -0.4 is 10.6 Å². The van der Waals surface area contributed by atoms with E-state index in [9.17, 15) is 10.0 Å². The molecule has 0 saturated heterocycles. The second kappa shape index (κ2) is 8.98. The molecule has 4 N–H and O–H groups in total. The zero-order chi connectivity index (χ0) is 15.8. The van der Waals surface area contributed by atoms with Crippen LogP contribution in [0.3, 0.4) is 0 Å². The molecule has 0 fully saturated rings. The van der Waals surface area contributed by atoms with Crippen LogP contribution in [0.4, 0.5) is 0 Å². The zero-order valence-corrected chi connectivity index (χ0v) is 13.6. The highest BCUT2D eigenvalue weighted by Gasteiger charge is 2.24. The predicted molar refractivity (Wildman–Crippen MR) is 90.9 cm³/mol. The number of hydrogen-bond donors (Lipinski definition) is 4. The van der Waals surface area contributed by atoms with Crippen LogP contribution in [0.15, 0.2) is 18.6 Å². The molecule has 0 saturated carbocycles. The topological polar surface area (TPSA) is 90.3 Å². The molecule has 0 amide bonds. The minimum absolute atomic E-state index is 0.298. The molecule has 114 valence electrons. The Hall–Kier alpha value is -1.16. The third-order valence-electron chi connectivity index (χ3n) is 2.64. The van der Waals surface area contributed by atoms with Gasteiger partial charge in [-0.25, -0.2) is 0 Å². The minimum Gasteiger partial charge on any atom is -0.426 e. The largest absolute Gasteiger partial charge is 0.475 e. The summed E-state index contributed by atoms with van der Waals surface area (Å²) in [6.07, 6.45) is 5.29. The number of aromatic nitrogens is 2. The molecule has 1 heterocycles. The Morgan fingerprint density at radius 1 is 1.33 bits per heavy atom. The lowest BCUT2D eigenvalue weighted by Crippen LogP contribution is -2.49. The molecular weight excluding hydrogens is 307 g/mol. The van der Waals surface area contributed by atoms with Crippen LogP contribution >= 0.6 is 24.4 Å². The molecule has 1 aromatic rings. The number of hydrogen-bond acceptors (Lipinski definition) is 6. The van der Waals surface area contributed by atoms with Crippen LogP contribution in [0, 0.1) is 5.92 Å². The fourth-order valence-electron chi connectivity index (χ4n) is 1.69. The summed E-state index contributed by atoms with van der Waals surface area (Å²) in [5.74, 6) is -0.176. The third-order valence-corrected chi connectivity index (χ3v) is 3.25. The molecule has 21 heavy (non-hydrogen) atoms. The lowest BCUT2D eigenvalue weighted by molar-refractivity contribution is 0.362. The maximum Gasteiger partial charge on any atom is 0.475 e. The highest BCUT2D eigenvalue weighted by Crippen LogP contribution is 2.05. The smallest absolute Gasteiger partial charge is 0.426 e. The quantitative estimate of drug-likeness (QED) is 0.414. The average molecular weight is 326 g/mol. The van der Waals surface area contributed by atoms with Crippen LogP contribution in [0.25, 0.3) is 0 Å². The maximum absolute atomic E-state index is 9.33. The van der Waals surface area contributed by atoms with Gasteiger partial charge in [0.2, 0.25) is 0 Å². The van der Waals surface area contributed by atoms with Crippen LogP contribution in [0.2, 0.25) is 0 Å². The molecule has 0 aliphatic heterocycles. The van der Waals surface area contributed by atoms with Gasteiger partial charge in [-0.3, -0.25) is 9.97 Å². The molecule has 0 unspecified atom stereocenters.